The largest absolute Gasteiger partial charge is 0.487 e. The van der Waals surface area contributed by atoms with Gasteiger partial charge in [0.1, 0.15) is 16.3 Å². The quantitative estimate of drug-likeness (QED) is 0.838. The van der Waals surface area contributed by atoms with Crippen LogP contribution in [0.5, 0.6) is 5.75 Å². The molecule has 0 spiro atoms. The number of halogens is 1. The van der Waals surface area contributed by atoms with Crippen LogP contribution in [0.2, 0.25) is 5.02 Å². The summed E-state index contributed by atoms with van der Waals surface area (Å²) in [6.45, 7) is 6.08. The summed E-state index contributed by atoms with van der Waals surface area (Å²) >= 11 is 10.9. The highest BCUT2D eigenvalue weighted by atomic mass is 35.5. The lowest BCUT2D eigenvalue weighted by Gasteiger charge is -2.26. The summed E-state index contributed by atoms with van der Waals surface area (Å²) in [5.41, 5.74) is 6.10. The lowest BCUT2D eigenvalue weighted by atomic mass is 10.1. The van der Waals surface area contributed by atoms with Gasteiger partial charge >= 0.3 is 0 Å². The Morgan fingerprint density at radius 1 is 1.50 bits per heavy atom. The van der Waals surface area contributed by atoms with Crippen LogP contribution >= 0.6 is 23.8 Å². The summed E-state index contributed by atoms with van der Waals surface area (Å²) < 4.78 is 5.87. The molecule has 88 valence electrons. The number of benzene rings is 1. The first-order valence-corrected chi connectivity index (χ1v) is 5.92. The van der Waals surface area contributed by atoms with Gasteiger partial charge in [0.05, 0.1) is 5.56 Å². The Balaban J connectivity index is 3.10. The molecule has 0 aliphatic rings. The van der Waals surface area contributed by atoms with E-state index in [1.807, 2.05) is 13.8 Å². The molecule has 0 atom stereocenters. The normalized spacial score (nSPS) is 11.2. The minimum absolute atomic E-state index is 0.260. The monoisotopic (exact) mass is 257 g/mol. The second-order valence-electron chi connectivity index (χ2n) is 4.22. The van der Waals surface area contributed by atoms with Crippen LogP contribution in [-0.4, -0.2) is 10.6 Å². The molecule has 0 aromatic heterocycles. The molecule has 0 bridgehead atoms. The van der Waals surface area contributed by atoms with Crippen LogP contribution < -0.4 is 10.5 Å². The van der Waals surface area contributed by atoms with E-state index in [1.165, 1.54) is 0 Å². The highest BCUT2D eigenvalue weighted by molar-refractivity contribution is 7.80. The van der Waals surface area contributed by atoms with Crippen molar-refractivity contribution in [3.63, 3.8) is 0 Å². The van der Waals surface area contributed by atoms with Crippen molar-refractivity contribution in [1.29, 1.82) is 0 Å². The van der Waals surface area contributed by atoms with Crippen molar-refractivity contribution >= 4 is 28.8 Å². The van der Waals surface area contributed by atoms with Gasteiger partial charge in [0.25, 0.3) is 0 Å². The first-order valence-electron chi connectivity index (χ1n) is 5.14. The summed E-state index contributed by atoms with van der Waals surface area (Å²) in [6.07, 6.45) is 0.885. The van der Waals surface area contributed by atoms with Crippen LogP contribution in [0.1, 0.15) is 32.8 Å². The molecule has 1 rings (SSSR count). The van der Waals surface area contributed by atoms with Gasteiger partial charge in [0.2, 0.25) is 0 Å². The number of hydrogen-bond donors (Lipinski definition) is 1. The SMILES string of the molecule is CCC(C)(C)Oc1cc(Cl)ccc1C(N)=S. The standard InChI is InChI=1S/C12H16ClNOS/c1-4-12(2,3)15-10-7-8(13)5-6-9(10)11(14)16/h5-7H,4H2,1-3H3,(H2,14,16). The number of nitrogens with two attached hydrogens (primary N) is 1. The van der Waals surface area contributed by atoms with Gasteiger partial charge in [-0.1, -0.05) is 30.7 Å². The van der Waals surface area contributed by atoms with Crippen LogP contribution in [0.4, 0.5) is 0 Å². The molecule has 0 radical (unpaired) electrons. The van der Waals surface area contributed by atoms with E-state index < -0.39 is 0 Å². The molecule has 0 saturated carbocycles. The molecule has 0 saturated heterocycles. The zero-order valence-electron chi connectivity index (χ0n) is 9.71. The molecule has 0 aliphatic carbocycles. The van der Waals surface area contributed by atoms with Gasteiger partial charge in [0, 0.05) is 5.02 Å². The van der Waals surface area contributed by atoms with Crippen LogP contribution in [-0.2, 0) is 0 Å². The minimum atomic E-state index is -0.260. The molecule has 0 fully saturated rings. The first-order chi connectivity index (χ1) is 7.35. The highest BCUT2D eigenvalue weighted by Crippen LogP contribution is 2.28. The van der Waals surface area contributed by atoms with E-state index in [1.54, 1.807) is 18.2 Å². The van der Waals surface area contributed by atoms with Crippen molar-refractivity contribution in [2.45, 2.75) is 32.8 Å². The predicted molar refractivity (Wildman–Crippen MR) is 72.3 cm³/mol. The Morgan fingerprint density at radius 3 is 2.62 bits per heavy atom. The molecule has 0 aliphatic heterocycles. The Morgan fingerprint density at radius 2 is 2.12 bits per heavy atom. The number of thiocarbonyl (C=S) groups is 1. The minimum Gasteiger partial charge on any atom is -0.487 e. The fourth-order valence-corrected chi connectivity index (χ4v) is 1.48. The molecule has 2 N–H and O–H groups in total. The summed E-state index contributed by atoms with van der Waals surface area (Å²) in [6, 6.07) is 5.28. The Bertz CT molecular complexity index is 404. The van der Waals surface area contributed by atoms with Gasteiger partial charge in [-0.05, 0) is 38.5 Å². The maximum absolute atomic E-state index is 5.93. The second kappa shape index (κ2) is 5.02. The van der Waals surface area contributed by atoms with Gasteiger partial charge in [0.15, 0.2) is 0 Å². The molecule has 0 amide bonds. The van der Waals surface area contributed by atoms with E-state index in [9.17, 15) is 0 Å². The van der Waals surface area contributed by atoms with Crippen molar-refractivity contribution in [2.75, 3.05) is 0 Å². The second-order valence-corrected chi connectivity index (χ2v) is 5.10. The third kappa shape index (κ3) is 3.35. The molecule has 1 aromatic carbocycles. The van der Waals surface area contributed by atoms with Crippen molar-refractivity contribution < 1.29 is 4.74 Å². The highest BCUT2D eigenvalue weighted by Gasteiger charge is 2.19. The molecule has 0 unspecified atom stereocenters. The van der Waals surface area contributed by atoms with Crippen molar-refractivity contribution in [1.82, 2.24) is 0 Å². The summed E-state index contributed by atoms with van der Waals surface area (Å²) in [7, 11) is 0. The van der Waals surface area contributed by atoms with Crippen LogP contribution in [0.15, 0.2) is 18.2 Å². The predicted octanol–water partition coefficient (Wildman–Crippen LogP) is 3.54. The number of ether oxygens (including phenoxy) is 1. The molecule has 4 heteroatoms. The lowest BCUT2D eigenvalue weighted by molar-refractivity contribution is 0.105. The van der Waals surface area contributed by atoms with E-state index in [0.717, 1.165) is 12.0 Å². The van der Waals surface area contributed by atoms with Crippen LogP contribution in [0.3, 0.4) is 0 Å². The molecule has 16 heavy (non-hydrogen) atoms. The average molecular weight is 258 g/mol. The zero-order valence-corrected chi connectivity index (χ0v) is 11.3. The molecule has 0 heterocycles. The molecule has 2 nitrogen and oxygen atoms in total. The summed E-state index contributed by atoms with van der Waals surface area (Å²) in [4.78, 5) is 0.318. The van der Waals surface area contributed by atoms with E-state index in [0.29, 0.717) is 15.8 Å². The van der Waals surface area contributed by atoms with Crippen molar-refractivity contribution in [3.8, 4) is 5.75 Å². The van der Waals surface area contributed by atoms with E-state index in [2.05, 4.69) is 6.92 Å². The van der Waals surface area contributed by atoms with E-state index in [4.69, 9.17) is 34.3 Å². The Kier molecular flexibility index (Phi) is 4.16. The van der Waals surface area contributed by atoms with Crippen LogP contribution in [0.25, 0.3) is 0 Å². The molecular formula is C12H16ClNOS. The summed E-state index contributed by atoms with van der Waals surface area (Å²) in [5.74, 6) is 0.645. The number of rotatable bonds is 4. The van der Waals surface area contributed by atoms with Crippen LogP contribution in [0, 0.1) is 0 Å². The third-order valence-corrected chi connectivity index (χ3v) is 2.90. The van der Waals surface area contributed by atoms with Gasteiger partial charge in [-0.15, -0.1) is 0 Å². The van der Waals surface area contributed by atoms with Gasteiger partial charge in [-0.2, -0.15) is 0 Å². The van der Waals surface area contributed by atoms with Gasteiger partial charge in [-0.3, -0.25) is 0 Å². The lowest BCUT2D eigenvalue weighted by Crippen LogP contribution is -2.28. The zero-order chi connectivity index (χ0) is 12.3. The average Bonchev–Trinajstić information content (AvgIpc) is 2.16. The van der Waals surface area contributed by atoms with Crippen molar-refractivity contribution in [2.24, 2.45) is 5.73 Å². The van der Waals surface area contributed by atoms with Gasteiger partial charge in [-0.25, -0.2) is 0 Å². The summed E-state index contributed by atoms with van der Waals surface area (Å²) in [5, 5.41) is 0.613. The topological polar surface area (TPSA) is 35.2 Å². The first kappa shape index (κ1) is 13.3. The smallest absolute Gasteiger partial charge is 0.131 e. The van der Waals surface area contributed by atoms with E-state index >= 15 is 0 Å². The Labute approximate surface area is 107 Å². The molecular weight excluding hydrogens is 242 g/mol. The fourth-order valence-electron chi connectivity index (χ4n) is 1.15. The molecule has 1 aromatic rings. The van der Waals surface area contributed by atoms with Gasteiger partial charge < -0.3 is 10.5 Å². The third-order valence-electron chi connectivity index (χ3n) is 2.45. The maximum Gasteiger partial charge on any atom is 0.131 e. The maximum atomic E-state index is 5.93. The van der Waals surface area contributed by atoms with E-state index in [-0.39, 0.29) is 5.60 Å². The fraction of sp³-hybridized carbons (Fsp3) is 0.417. The van der Waals surface area contributed by atoms with Crippen molar-refractivity contribution in [3.05, 3.63) is 28.8 Å². The Hall–Kier alpha value is -0.800. The number of hydrogen-bond acceptors (Lipinski definition) is 2.